The van der Waals surface area contributed by atoms with E-state index in [1.807, 2.05) is 0 Å². The van der Waals surface area contributed by atoms with Gasteiger partial charge in [0.05, 0.1) is 11.4 Å². The Labute approximate surface area is 136 Å². The Balaban J connectivity index is 1.80. The van der Waals surface area contributed by atoms with E-state index in [2.05, 4.69) is 20.0 Å². The maximum atomic E-state index is 12.8. The quantitative estimate of drug-likeness (QED) is 0.697. The van der Waals surface area contributed by atoms with Crippen molar-refractivity contribution in [3.8, 4) is 0 Å². The number of hydrogen-bond acceptors (Lipinski definition) is 6. The van der Waals surface area contributed by atoms with E-state index in [9.17, 15) is 26.0 Å². The van der Waals surface area contributed by atoms with Crippen LogP contribution in [0.2, 0.25) is 0 Å². The molecule has 3 aromatic rings. The van der Waals surface area contributed by atoms with Gasteiger partial charge in [-0.1, -0.05) is 11.3 Å². The van der Waals surface area contributed by atoms with Crippen molar-refractivity contribution in [3.63, 3.8) is 0 Å². The molecule has 0 unspecified atom stereocenters. The number of nitrogens with one attached hydrogen (secondary N) is 1. The highest BCUT2D eigenvalue weighted by molar-refractivity contribution is 7.89. The van der Waals surface area contributed by atoms with Gasteiger partial charge in [0.25, 0.3) is 5.82 Å². The smallest absolute Gasteiger partial charge is 0.207 e. The highest BCUT2D eigenvalue weighted by Gasteiger charge is 2.38. The van der Waals surface area contributed by atoms with Gasteiger partial charge in [-0.3, -0.25) is 0 Å². The lowest BCUT2D eigenvalue weighted by Crippen LogP contribution is -2.23. The van der Waals surface area contributed by atoms with Gasteiger partial charge < -0.3 is 0 Å². The molecule has 7 nitrogen and oxygen atoms in total. The Kier molecular flexibility index (Phi) is 4.01. The molecule has 3 rings (SSSR count). The van der Waals surface area contributed by atoms with Crippen LogP contribution in [0.5, 0.6) is 0 Å². The number of benzene rings is 1. The zero-order chi connectivity index (χ0) is 17.5. The maximum absolute atomic E-state index is 12.8. The summed E-state index contributed by atoms with van der Waals surface area (Å²) in [5, 5.41) is 10.1. The number of rotatable bonds is 4. The van der Waals surface area contributed by atoms with Crippen LogP contribution in [0.4, 0.5) is 17.6 Å². The number of aromatic nitrogens is 4. The van der Waals surface area contributed by atoms with Gasteiger partial charge in [-0.2, -0.15) is 22.8 Å². The molecule has 2 heterocycles. The van der Waals surface area contributed by atoms with E-state index < -0.39 is 27.8 Å². The molecular weight excluding hydrogens is 374 g/mol. The van der Waals surface area contributed by atoms with E-state index in [0.29, 0.717) is 4.52 Å². The third-order valence-electron chi connectivity index (χ3n) is 2.82. The Morgan fingerprint density at radius 2 is 1.83 bits per heavy atom. The van der Waals surface area contributed by atoms with Crippen molar-refractivity contribution in [1.29, 1.82) is 0 Å². The lowest BCUT2D eigenvalue weighted by molar-refractivity contribution is -0.146. The van der Waals surface area contributed by atoms with E-state index in [0.717, 1.165) is 35.6 Å². The third-order valence-corrected chi connectivity index (χ3v) is 5.14. The van der Waals surface area contributed by atoms with Gasteiger partial charge >= 0.3 is 6.18 Å². The molecule has 0 radical (unpaired) electrons. The largest absolute Gasteiger partial charge is 0.453 e. The first-order chi connectivity index (χ1) is 11.2. The van der Waals surface area contributed by atoms with Crippen LogP contribution in [0.25, 0.3) is 4.96 Å². The van der Waals surface area contributed by atoms with Crippen LogP contribution < -0.4 is 4.72 Å². The molecule has 0 saturated carbocycles. The second-order valence-corrected chi connectivity index (χ2v) is 7.30. The molecular formula is C11H7F4N5O2S2. The van der Waals surface area contributed by atoms with Gasteiger partial charge in [0.2, 0.25) is 15.0 Å². The summed E-state index contributed by atoms with van der Waals surface area (Å²) in [5.74, 6) is -1.89. The number of fused-ring (bicyclic) bond motifs is 1. The average Bonchev–Trinajstić information content (AvgIpc) is 3.04. The summed E-state index contributed by atoms with van der Waals surface area (Å²) in [4.78, 5) is -0.291. The Bertz CT molecular complexity index is 978. The standard InChI is InChI=1S/C11H7F4N5O2S2/c12-6-1-3-7(4-2-6)24(21,22)16-5-8-19-20-9(11(13,14)15)17-18-10(20)23-8/h1-4,16H,5H2. The maximum Gasteiger partial charge on any atom is 0.453 e. The number of nitrogens with zero attached hydrogens (tertiary/aromatic N) is 4. The first-order valence-corrected chi connectivity index (χ1v) is 8.50. The summed E-state index contributed by atoms with van der Waals surface area (Å²) in [6.07, 6.45) is -4.72. The number of sulfonamides is 1. The first kappa shape index (κ1) is 16.7. The topological polar surface area (TPSA) is 89.2 Å². The molecule has 0 aliphatic heterocycles. The number of halogens is 4. The summed E-state index contributed by atoms with van der Waals surface area (Å²) in [6, 6.07) is 4.09. The normalized spacial score (nSPS) is 12.8. The number of alkyl halides is 3. The van der Waals surface area contributed by atoms with Crippen molar-refractivity contribution in [2.75, 3.05) is 0 Å². The van der Waals surface area contributed by atoms with E-state index in [4.69, 9.17) is 0 Å². The molecule has 0 saturated heterocycles. The van der Waals surface area contributed by atoms with E-state index in [-0.39, 0.29) is 21.4 Å². The van der Waals surface area contributed by atoms with Gasteiger partial charge in [-0.05, 0) is 24.3 Å². The molecule has 1 aromatic carbocycles. The van der Waals surface area contributed by atoms with Crippen LogP contribution in [-0.2, 0) is 22.7 Å². The van der Waals surface area contributed by atoms with E-state index in [1.54, 1.807) is 0 Å². The van der Waals surface area contributed by atoms with Gasteiger partial charge in [-0.25, -0.2) is 17.5 Å². The minimum atomic E-state index is -4.72. The summed E-state index contributed by atoms with van der Waals surface area (Å²) in [6.45, 7) is -0.342. The average molecular weight is 381 g/mol. The Morgan fingerprint density at radius 1 is 1.17 bits per heavy atom. The Morgan fingerprint density at radius 3 is 2.46 bits per heavy atom. The summed E-state index contributed by atoms with van der Waals surface area (Å²) in [5.41, 5.74) is 0. The van der Waals surface area contributed by atoms with Crippen LogP contribution in [0.1, 0.15) is 10.8 Å². The number of hydrogen-bond donors (Lipinski definition) is 1. The van der Waals surface area contributed by atoms with Crippen LogP contribution in [0.15, 0.2) is 29.2 Å². The fourth-order valence-electron chi connectivity index (χ4n) is 1.76. The van der Waals surface area contributed by atoms with Gasteiger partial charge in [0.15, 0.2) is 0 Å². The molecule has 0 aliphatic rings. The van der Waals surface area contributed by atoms with Crippen molar-refractivity contribution in [3.05, 3.63) is 40.9 Å². The lowest BCUT2D eigenvalue weighted by Gasteiger charge is -2.04. The molecule has 0 fully saturated rings. The van der Waals surface area contributed by atoms with E-state index >= 15 is 0 Å². The molecule has 0 atom stereocenters. The van der Waals surface area contributed by atoms with Crippen LogP contribution in [0.3, 0.4) is 0 Å². The molecule has 0 amide bonds. The molecule has 0 aliphatic carbocycles. The summed E-state index contributed by atoms with van der Waals surface area (Å²) < 4.78 is 77.6. The van der Waals surface area contributed by atoms with Gasteiger partial charge in [-0.15, -0.1) is 10.2 Å². The first-order valence-electron chi connectivity index (χ1n) is 6.20. The fourth-order valence-corrected chi connectivity index (χ4v) is 3.61. The minimum absolute atomic E-state index is 0.0658. The monoisotopic (exact) mass is 381 g/mol. The third kappa shape index (κ3) is 3.22. The molecule has 0 bridgehead atoms. The predicted octanol–water partition coefficient (Wildman–Crippen LogP) is 1.82. The molecule has 24 heavy (non-hydrogen) atoms. The zero-order valence-electron chi connectivity index (χ0n) is 11.5. The SMILES string of the molecule is O=S(=O)(NCc1nn2c(C(F)(F)F)nnc2s1)c1ccc(F)cc1. The van der Waals surface area contributed by atoms with Crippen molar-refractivity contribution in [1.82, 2.24) is 24.5 Å². The van der Waals surface area contributed by atoms with Crippen molar-refractivity contribution >= 4 is 26.3 Å². The van der Waals surface area contributed by atoms with E-state index in [1.165, 1.54) is 0 Å². The second-order valence-electron chi connectivity index (χ2n) is 4.49. The molecule has 128 valence electrons. The fraction of sp³-hybridized carbons (Fsp3) is 0.182. The van der Waals surface area contributed by atoms with Crippen LogP contribution in [-0.4, -0.2) is 28.2 Å². The van der Waals surface area contributed by atoms with Crippen molar-refractivity contribution in [2.45, 2.75) is 17.6 Å². The predicted molar refractivity (Wildman–Crippen MR) is 74.1 cm³/mol. The second kappa shape index (κ2) is 5.75. The molecule has 1 N–H and O–H groups in total. The summed E-state index contributed by atoms with van der Waals surface area (Å²) >= 11 is 0.764. The van der Waals surface area contributed by atoms with Crippen molar-refractivity contribution in [2.24, 2.45) is 0 Å². The lowest BCUT2D eigenvalue weighted by atomic mass is 10.4. The molecule has 0 spiro atoms. The highest BCUT2D eigenvalue weighted by Crippen LogP contribution is 2.29. The van der Waals surface area contributed by atoms with Crippen LogP contribution >= 0.6 is 11.3 Å². The summed E-state index contributed by atoms with van der Waals surface area (Å²) in [7, 11) is -3.95. The van der Waals surface area contributed by atoms with Gasteiger partial charge in [0, 0.05) is 0 Å². The minimum Gasteiger partial charge on any atom is -0.207 e. The van der Waals surface area contributed by atoms with Gasteiger partial charge in [0.1, 0.15) is 10.8 Å². The highest BCUT2D eigenvalue weighted by atomic mass is 32.2. The zero-order valence-corrected chi connectivity index (χ0v) is 13.1. The Hall–Kier alpha value is -2.12. The molecule has 13 heteroatoms. The molecule has 2 aromatic heterocycles. The van der Waals surface area contributed by atoms with Crippen molar-refractivity contribution < 1.29 is 26.0 Å². The van der Waals surface area contributed by atoms with Crippen LogP contribution in [0, 0.1) is 5.82 Å².